The van der Waals surface area contributed by atoms with Crippen molar-refractivity contribution in [2.45, 2.75) is 32.9 Å². The molecule has 3 rings (SSSR count). The zero-order valence-electron chi connectivity index (χ0n) is 18.7. The first kappa shape index (κ1) is 23.1. The SMILES string of the molecule is CCNC(=O)C(Cc1ccccc1)N(Cc1ccccc1)C(=O)COc1cccc(C)c1. The molecule has 2 amide bonds. The summed E-state index contributed by atoms with van der Waals surface area (Å²) in [6.45, 7) is 4.53. The lowest BCUT2D eigenvalue weighted by Crippen LogP contribution is -2.51. The number of carbonyl (C=O) groups excluding carboxylic acids is 2. The summed E-state index contributed by atoms with van der Waals surface area (Å²) in [7, 11) is 0. The average Bonchev–Trinajstić information content (AvgIpc) is 2.81. The average molecular weight is 431 g/mol. The molecule has 5 heteroatoms. The molecule has 0 fully saturated rings. The molecule has 0 bridgehead atoms. The van der Waals surface area contributed by atoms with E-state index in [2.05, 4.69) is 5.32 Å². The summed E-state index contributed by atoms with van der Waals surface area (Å²) in [5, 5.41) is 2.89. The summed E-state index contributed by atoms with van der Waals surface area (Å²) in [5.41, 5.74) is 3.01. The van der Waals surface area contributed by atoms with E-state index in [-0.39, 0.29) is 18.4 Å². The van der Waals surface area contributed by atoms with Gasteiger partial charge in [-0.15, -0.1) is 0 Å². The first-order valence-electron chi connectivity index (χ1n) is 10.9. The highest BCUT2D eigenvalue weighted by Crippen LogP contribution is 2.17. The van der Waals surface area contributed by atoms with Gasteiger partial charge in [-0.3, -0.25) is 9.59 Å². The maximum atomic E-state index is 13.4. The smallest absolute Gasteiger partial charge is 0.261 e. The number of carbonyl (C=O) groups is 2. The van der Waals surface area contributed by atoms with Crippen molar-refractivity contribution in [3.63, 3.8) is 0 Å². The van der Waals surface area contributed by atoms with Crippen LogP contribution in [-0.2, 0) is 22.6 Å². The van der Waals surface area contributed by atoms with E-state index in [9.17, 15) is 9.59 Å². The van der Waals surface area contributed by atoms with E-state index in [1.165, 1.54) is 0 Å². The summed E-state index contributed by atoms with van der Waals surface area (Å²) in [6.07, 6.45) is 0.426. The van der Waals surface area contributed by atoms with Crippen LogP contribution in [0.4, 0.5) is 0 Å². The molecule has 0 aromatic heterocycles. The lowest BCUT2D eigenvalue weighted by atomic mass is 10.0. The van der Waals surface area contributed by atoms with Crippen LogP contribution in [0.2, 0.25) is 0 Å². The van der Waals surface area contributed by atoms with Crippen LogP contribution in [0, 0.1) is 6.92 Å². The van der Waals surface area contributed by atoms with Gasteiger partial charge in [-0.2, -0.15) is 0 Å². The molecule has 1 N–H and O–H groups in total. The van der Waals surface area contributed by atoms with Gasteiger partial charge in [0.05, 0.1) is 0 Å². The molecule has 0 aliphatic rings. The minimum Gasteiger partial charge on any atom is -0.484 e. The number of benzene rings is 3. The van der Waals surface area contributed by atoms with E-state index in [0.29, 0.717) is 25.3 Å². The first-order chi connectivity index (χ1) is 15.6. The normalized spacial score (nSPS) is 11.4. The second kappa shape index (κ2) is 11.7. The molecule has 0 radical (unpaired) electrons. The van der Waals surface area contributed by atoms with Gasteiger partial charge in [0.15, 0.2) is 6.61 Å². The third-order valence-corrected chi connectivity index (χ3v) is 5.17. The van der Waals surface area contributed by atoms with Crippen LogP contribution in [0.25, 0.3) is 0 Å². The van der Waals surface area contributed by atoms with Crippen molar-refractivity contribution in [2.24, 2.45) is 0 Å². The third kappa shape index (κ3) is 6.71. The fourth-order valence-electron chi connectivity index (χ4n) is 3.56. The number of aryl methyl sites for hydroxylation is 1. The Morgan fingerprint density at radius 3 is 2.19 bits per heavy atom. The number of nitrogens with one attached hydrogen (secondary N) is 1. The Kier molecular flexibility index (Phi) is 8.44. The summed E-state index contributed by atoms with van der Waals surface area (Å²) >= 11 is 0. The van der Waals surface area contributed by atoms with E-state index >= 15 is 0 Å². The van der Waals surface area contributed by atoms with Crippen molar-refractivity contribution < 1.29 is 14.3 Å². The summed E-state index contributed by atoms with van der Waals surface area (Å²) in [5.74, 6) is 0.231. The molecule has 0 aliphatic carbocycles. The largest absolute Gasteiger partial charge is 0.484 e. The van der Waals surface area contributed by atoms with E-state index in [0.717, 1.165) is 16.7 Å². The van der Waals surface area contributed by atoms with Crippen molar-refractivity contribution >= 4 is 11.8 Å². The van der Waals surface area contributed by atoms with Crippen LogP contribution in [0.3, 0.4) is 0 Å². The number of rotatable bonds is 10. The molecule has 1 unspecified atom stereocenters. The molecule has 1 atom stereocenters. The second-order valence-corrected chi connectivity index (χ2v) is 7.71. The predicted octanol–water partition coefficient (Wildman–Crippen LogP) is 4.15. The van der Waals surface area contributed by atoms with Gasteiger partial charge < -0.3 is 15.0 Å². The number of amides is 2. The van der Waals surface area contributed by atoms with Gasteiger partial charge in [-0.1, -0.05) is 72.8 Å². The van der Waals surface area contributed by atoms with Crippen LogP contribution in [0.1, 0.15) is 23.6 Å². The summed E-state index contributed by atoms with van der Waals surface area (Å²) in [4.78, 5) is 28.1. The van der Waals surface area contributed by atoms with Crippen LogP contribution >= 0.6 is 0 Å². The third-order valence-electron chi connectivity index (χ3n) is 5.17. The highest BCUT2D eigenvalue weighted by atomic mass is 16.5. The van der Waals surface area contributed by atoms with Crippen LogP contribution in [-0.4, -0.2) is 35.9 Å². The van der Waals surface area contributed by atoms with E-state index in [1.54, 1.807) is 4.90 Å². The minimum atomic E-state index is -0.647. The maximum Gasteiger partial charge on any atom is 0.261 e. The van der Waals surface area contributed by atoms with Crippen LogP contribution in [0.15, 0.2) is 84.9 Å². The number of ether oxygens (including phenoxy) is 1. The van der Waals surface area contributed by atoms with Crippen LogP contribution < -0.4 is 10.1 Å². The van der Waals surface area contributed by atoms with Crippen molar-refractivity contribution in [3.8, 4) is 5.75 Å². The molecule has 0 heterocycles. The summed E-state index contributed by atoms with van der Waals surface area (Å²) < 4.78 is 5.78. The number of hydrogen-bond acceptors (Lipinski definition) is 3. The maximum absolute atomic E-state index is 13.4. The summed E-state index contributed by atoms with van der Waals surface area (Å²) in [6, 6.07) is 26.4. The highest BCUT2D eigenvalue weighted by molar-refractivity contribution is 5.88. The standard InChI is InChI=1S/C27H30N2O3/c1-3-28-27(31)25(18-22-12-6-4-7-13-22)29(19-23-14-8-5-9-15-23)26(30)20-32-24-16-10-11-21(2)17-24/h4-17,25H,3,18-20H2,1-2H3,(H,28,31). The molecule has 0 saturated heterocycles. The zero-order chi connectivity index (χ0) is 22.8. The van der Waals surface area contributed by atoms with Gasteiger partial charge in [-0.25, -0.2) is 0 Å². The van der Waals surface area contributed by atoms with Gasteiger partial charge in [0, 0.05) is 19.5 Å². The highest BCUT2D eigenvalue weighted by Gasteiger charge is 2.30. The predicted molar refractivity (Wildman–Crippen MR) is 126 cm³/mol. The zero-order valence-corrected chi connectivity index (χ0v) is 18.7. The Hall–Kier alpha value is -3.60. The van der Waals surface area contributed by atoms with Gasteiger partial charge in [0.25, 0.3) is 5.91 Å². The number of hydrogen-bond donors (Lipinski definition) is 1. The van der Waals surface area contributed by atoms with Crippen LogP contribution in [0.5, 0.6) is 5.75 Å². The second-order valence-electron chi connectivity index (χ2n) is 7.71. The number of nitrogens with zero attached hydrogens (tertiary/aromatic N) is 1. The van der Waals surface area contributed by atoms with Crippen molar-refractivity contribution in [2.75, 3.05) is 13.2 Å². The molecule has 0 aliphatic heterocycles. The Balaban J connectivity index is 1.86. The van der Waals surface area contributed by atoms with E-state index in [4.69, 9.17) is 4.74 Å². The molecule has 166 valence electrons. The Morgan fingerprint density at radius 1 is 0.906 bits per heavy atom. The molecular formula is C27H30N2O3. The molecule has 32 heavy (non-hydrogen) atoms. The van der Waals surface area contributed by atoms with Gasteiger partial charge in [0.2, 0.25) is 5.91 Å². The van der Waals surface area contributed by atoms with Gasteiger partial charge in [-0.05, 0) is 42.7 Å². The monoisotopic (exact) mass is 430 g/mol. The number of likely N-dealkylation sites (N-methyl/N-ethyl adjacent to an activating group) is 1. The molecule has 3 aromatic carbocycles. The van der Waals surface area contributed by atoms with Crippen molar-refractivity contribution in [3.05, 3.63) is 102 Å². The van der Waals surface area contributed by atoms with Crippen molar-refractivity contribution in [1.29, 1.82) is 0 Å². The fourth-order valence-corrected chi connectivity index (χ4v) is 3.56. The van der Waals surface area contributed by atoms with Gasteiger partial charge >= 0.3 is 0 Å². The molecule has 0 spiro atoms. The lowest BCUT2D eigenvalue weighted by molar-refractivity contribution is -0.142. The minimum absolute atomic E-state index is 0.138. The first-order valence-corrected chi connectivity index (χ1v) is 10.9. The Morgan fingerprint density at radius 2 is 1.56 bits per heavy atom. The van der Waals surface area contributed by atoms with Gasteiger partial charge in [0.1, 0.15) is 11.8 Å². The van der Waals surface area contributed by atoms with E-state index < -0.39 is 6.04 Å². The topological polar surface area (TPSA) is 58.6 Å². The fraction of sp³-hybridized carbons (Fsp3) is 0.259. The van der Waals surface area contributed by atoms with E-state index in [1.807, 2.05) is 98.8 Å². The molecule has 3 aromatic rings. The molecule has 5 nitrogen and oxygen atoms in total. The lowest BCUT2D eigenvalue weighted by Gasteiger charge is -2.31. The quantitative estimate of drug-likeness (QED) is 0.526. The Labute approximate surface area is 190 Å². The Bertz CT molecular complexity index is 1010. The molecular weight excluding hydrogens is 400 g/mol. The van der Waals surface area contributed by atoms with Crippen molar-refractivity contribution in [1.82, 2.24) is 10.2 Å². The molecule has 0 saturated carbocycles.